The first-order chi connectivity index (χ1) is 7.19. The Morgan fingerprint density at radius 3 is 2.13 bits per heavy atom. The van der Waals surface area contributed by atoms with Crippen LogP contribution in [0.25, 0.3) is 0 Å². The minimum absolute atomic E-state index is 0.212. The van der Waals surface area contributed by atoms with E-state index in [9.17, 15) is 5.11 Å². The van der Waals surface area contributed by atoms with Crippen molar-refractivity contribution in [3.05, 3.63) is 16.7 Å². The summed E-state index contributed by atoms with van der Waals surface area (Å²) in [5.74, 6) is 1.30. The topological polar surface area (TPSA) is 47.9 Å². The van der Waals surface area contributed by atoms with E-state index in [4.69, 9.17) is 25.8 Å². The lowest BCUT2D eigenvalue weighted by Gasteiger charge is -2.15. The lowest BCUT2D eigenvalue weighted by molar-refractivity contribution is 0.264. The van der Waals surface area contributed by atoms with E-state index in [-0.39, 0.29) is 6.61 Å². The van der Waals surface area contributed by atoms with Gasteiger partial charge in [-0.1, -0.05) is 11.6 Å². The summed E-state index contributed by atoms with van der Waals surface area (Å²) in [5.41, 5.74) is 0.505. The van der Waals surface area contributed by atoms with Gasteiger partial charge in [-0.2, -0.15) is 0 Å². The summed E-state index contributed by atoms with van der Waals surface area (Å²) in [6, 6.07) is 1.61. The monoisotopic (exact) mass is 232 g/mol. The maximum absolute atomic E-state index is 9.19. The quantitative estimate of drug-likeness (QED) is 0.861. The van der Waals surface area contributed by atoms with Crippen molar-refractivity contribution in [2.45, 2.75) is 6.61 Å². The van der Waals surface area contributed by atoms with Crippen molar-refractivity contribution in [3.63, 3.8) is 0 Å². The van der Waals surface area contributed by atoms with Gasteiger partial charge in [-0.3, -0.25) is 0 Å². The van der Waals surface area contributed by atoms with Crippen molar-refractivity contribution in [2.24, 2.45) is 0 Å². The molecule has 4 nitrogen and oxygen atoms in total. The van der Waals surface area contributed by atoms with Crippen molar-refractivity contribution in [1.82, 2.24) is 0 Å². The molecular formula is C10H13ClO4. The second-order valence-electron chi connectivity index (χ2n) is 2.76. The molecule has 0 spiro atoms. The van der Waals surface area contributed by atoms with E-state index in [0.717, 1.165) is 0 Å². The van der Waals surface area contributed by atoms with Crippen LogP contribution in [0.5, 0.6) is 17.2 Å². The van der Waals surface area contributed by atoms with Crippen LogP contribution in [0.1, 0.15) is 5.56 Å². The second kappa shape index (κ2) is 5.09. The van der Waals surface area contributed by atoms with Gasteiger partial charge in [-0.25, -0.2) is 0 Å². The molecule has 0 bridgehead atoms. The summed E-state index contributed by atoms with van der Waals surface area (Å²) >= 11 is 6.01. The number of aliphatic hydroxyl groups excluding tert-OH is 1. The lowest BCUT2D eigenvalue weighted by Crippen LogP contribution is -1.99. The van der Waals surface area contributed by atoms with E-state index in [1.54, 1.807) is 6.07 Å². The van der Waals surface area contributed by atoms with Crippen LogP contribution in [-0.2, 0) is 6.61 Å². The largest absolute Gasteiger partial charge is 0.496 e. The summed E-state index contributed by atoms with van der Waals surface area (Å²) in [6.07, 6.45) is 0. The van der Waals surface area contributed by atoms with Gasteiger partial charge in [-0.15, -0.1) is 0 Å². The molecule has 0 aromatic heterocycles. The maximum Gasteiger partial charge on any atom is 0.150 e. The molecule has 0 saturated carbocycles. The van der Waals surface area contributed by atoms with Gasteiger partial charge in [0.05, 0.1) is 33.5 Å². The number of methoxy groups -OCH3 is 3. The predicted octanol–water partition coefficient (Wildman–Crippen LogP) is 1.86. The summed E-state index contributed by atoms with van der Waals surface area (Å²) in [4.78, 5) is 0. The summed E-state index contributed by atoms with van der Waals surface area (Å²) in [7, 11) is 4.47. The van der Waals surface area contributed by atoms with Gasteiger partial charge in [0.2, 0.25) is 0 Å². The lowest BCUT2D eigenvalue weighted by atomic mass is 10.1. The Hall–Kier alpha value is -1.13. The van der Waals surface area contributed by atoms with Crippen molar-refractivity contribution >= 4 is 11.6 Å². The highest BCUT2D eigenvalue weighted by molar-refractivity contribution is 6.33. The molecule has 0 unspecified atom stereocenters. The third-order valence-corrected chi connectivity index (χ3v) is 2.41. The van der Waals surface area contributed by atoms with E-state index < -0.39 is 0 Å². The molecule has 1 rings (SSSR count). The van der Waals surface area contributed by atoms with Crippen LogP contribution in [-0.4, -0.2) is 26.4 Å². The number of halogens is 1. The Balaban J connectivity index is 3.43. The molecule has 0 heterocycles. The van der Waals surface area contributed by atoms with Crippen LogP contribution < -0.4 is 14.2 Å². The molecule has 1 aromatic rings. The molecule has 0 fully saturated rings. The van der Waals surface area contributed by atoms with Gasteiger partial charge in [0.15, 0.2) is 0 Å². The molecule has 0 radical (unpaired) electrons. The summed E-state index contributed by atoms with van der Waals surface area (Å²) in [5, 5.41) is 9.51. The minimum atomic E-state index is -0.212. The first kappa shape index (κ1) is 11.9. The number of hydrogen-bond acceptors (Lipinski definition) is 4. The van der Waals surface area contributed by atoms with Gasteiger partial charge < -0.3 is 19.3 Å². The fourth-order valence-corrected chi connectivity index (χ4v) is 1.64. The van der Waals surface area contributed by atoms with E-state index in [2.05, 4.69) is 0 Å². The van der Waals surface area contributed by atoms with Crippen molar-refractivity contribution in [3.8, 4) is 17.2 Å². The summed E-state index contributed by atoms with van der Waals surface area (Å²) in [6.45, 7) is -0.212. The average Bonchev–Trinajstić information content (AvgIpc) is 2.28. The highest BCUT2D eigenvalue weighted by atomic mass is 35.5. The van der Waals surface area contributed by atoms with Gasteiger partial charge >= 0.3 is 0 Å². The SMILES string of the molecule is COc1cc(OC)c(CO)c(OC)c1Cl. The van der Waals surface area contributed by atoms with E-state index in [1.807, 2.05) is 0 Å². The van der Waals surface area contributed by atoms with Gasteiger partial charge in [0.1, 0.15) is 22.3 Å². The Bertz CT molecular complexity index is 352. The minimum Gasteiger partial charge on any atom is -0.496 e. The van der Waals surface area contributed by atoms with Crippen molar-refractivity contribution in [2.75, 3.05) is 21.3 Å². The van der Waals surface area contributed by atoms with Crippen molar-refractivity contribution in [1.29, 1.82) is 0 Å². The molecule has 84 valence electrons. The van der Waals surface area contributed by atoms with Gasteiger partial charge in [0, 0.05) is 6.07 Å². The number of rotatable bonds is 4. The van der Waals surface area contributed by atoms with Crippen LogP contribution >= 0.6 is 11.6 Å². The van der Waals surface area contributed by atoms with Crippen LogP contribution in [0.2, 0.25) is 5.02 Å². The third-order valence-electron chi connectivity index (χ3n) is 2.05. The van der Waals surface area contributed by atoms with E-state index in [1.165, 1.54) is 21.3 Å². The molecule has 0 atom stereocenters. The molecule has 0 aliphatic heterocycles. The number of ether oxygens (including phenoxy) is 3. The Morgan fingerprint density at radius 2 is 1.73 bits per heavy atom. The molecule has 15 heavy (non-hydrogen) atoms. The standard InChI is InChI=1S/C10H13ClO4/c1-13-7-4-8(14-2)9(11)10(15-3)6(7)5-12/h4,12H,5H2,1-3H3. The molecule has 0 aliphatic rings. The van der Waals surface area contributed by atoms with Crippen LogP contribution in [0.3, 0.4) is 0 Å². The number of benzene rings is 1. The number of hydrogen-bond donors (Lipinski definition) is 1. The molecule has 0 amide bonds. The zero-order valence-corrected chi connectivity index (χ0v) is 9.59. The van der Waals surface area contributed by atoms with E-state index in [0.29, 0.717) is 27.8 Å². The van der Waals surface area contributed by atoms with E-state index >= 15 is 0 Å². The smallest absolute Gasteiger partial charge is 0.150 e. The first-order valence-corrected chi connectivity index (χ1v) is 4.65. The highest BCUT2D eigenvalue weighted by Crippen LogP contribution is 2.42. The molecular weight excluding hydrogens is 220 g/mol. The fraction of sp³-hybridized carbons (Fsp3) is 0.400. The molecule has 5 heteroatoms. The average molecular weight is 233 g/mol. The number of aliphatic hydroxyl groups is 1. The van der Waals surface area contributed by atoms with Crippen LogP contribution in [0.15, 0.2) is 6.07 Å². The van der Waals surface area contributed by atoms with Crippen molar-refractivity contribution < 1.29 is 19.3 Å². The molecule has 1 aromatic carbocycles. The second-order valence-corrected chi connectivity index (χ2v) is 3.14. The van der Waals surface area contributed by atoms with Gasteiger partial charge in [-0.05, 0) is 0 Å². The fourth-order valence-electron chi connectivity index (χ4n) is 1.32. The highest BCUT2D eigenvalue weighted by Gasteiger charge is 2.18. The zero-order valence-electron chi connectivity index (χ0n) is 8.83. The Kier molecular flexibility index (Phi) is 4.05. The molecule has 0 aliphatic carbocycles. The van der Waals surface area contributed by atoms with Crippen LogP contribution in [0, 0.1) is 0 Å². The maximum atomic E-state index is 9.19. The predicted molar refractivity (Wildman–Crippen MR) is 57.0 cm³/mol. The molecule has 1 N–H and O–H groups in total. The van der Waals surface area contributed by atoms with Crippen LogP contribution in [0.4, 0.5) is 0 Å². The molecule has 0 saturated heterocycles. The normalized spacial score (nSPS) is 9.93. The van der Waals surface area contributed by atoms with Gasteiger partial charge in [0.25, 0.3) is 0 Å². The zero-order chi connectivity index (χ0) is 11.4. The summed E-state index contributed by atoms with van der Waals surface area (Å²) < 4.78 is 15.3. The Morgan fingerprint density at radius 1 is 1.13 bits per heavy atom. The Labute approximate surface area is 93.3 Å². The third kappa shape index (κ3) is 2.11. The first-order valence-electron chi connectivity index (χ1n) is 4.27.